The molecule has 0 spiro atoms. The molecule has 1 fully saturated rings. The first kappa shape index (κ1) is 17.1. The summed E-state index contributed by atoms with van der Waals surface area (Å²) in [5.74, 6) is 1.38. The van der Waals surface area contributed by atoms with E-state index in [1.165, 1.54) is 0 Å². The zero-order valence-electron chi connectivity index (χ0n) is 14.7. The highest BCUT2D eigenvalue weighted by Crippen LogP contribution is 2.39. The van der Waals surface area contributed by atoms with E-state index in [4.69, 9.17) is 14.2 Å². The maximum Gasteiger partial charge on any atom is 0.254 e. The van der Waals surface area contributed by atoms with Crippen molar-refractivity contribution in [1.29, 1.82) is 0 Å². The molecule has 6 heteroatoms. The number of ether oxygens (including phenoxy) is 3. The van der Waals surface area contributed by atoms with Crippen molar-refractivity contribution in [2.24, 2.45) is 0 Å². The van der Waals surface area contributed by atoms with Crippen molar-refractivity contribution >= 4 is 5.91 Å². The number of pyridine rings is 1. The van der Waals surface area contributed by atoms with Gasteiger partial charge in [0.15, 0.2) is 11.5 Å². The lowest BCUT2D eigenvalue weighted by molar-refractivity contribution is 0.0729. The number of methoxy groups -OCH3 is 3. The monoisotopic (exact) mass is 342 g/mol. The Morgan fingerprint density at radius 2 is 1.84 bits per heavy atom. The van der Waals surface area contributed by atoms with Crippen LogP contribution in [0.3, 0.4) is 0 Å². The molecule has 1 aromatic heterocycles. The number of rotatable bonds is 7. The molecule has 0 bridgehead atoms. The summed E-state index contributed by atoms with van der Waals surface area (Å²) in [5.41, 5.74) is 1.53. The SMILES string of the molecule is COc1cc(C(=O)N(Cc2cccnc2)C2CC2)cc(OC)c1OC. The van der Waals surface area contributed by atoms with Crippen LogP contribution in [0.1, 0.15) is 28.8 Å². The van der Waals surface area contributed by atoms with Crippen LogP contribution in [0.2, 0.25) is 0 Å². The van der Waals surface area contributed by atoms with Crippen LogP contribution >= 0.6 is 0 Å². The largest absolute Gasteiger partial charge is 0.493 e. The molecule has 25 heavy (non-hydrogen) atoms. The topological polar surface area (TPSA) is 60.9 Å². The average Bonchev–Trinajstić information content (AvgIpc) is 3.50. The first-order valence-corrected chi connectivity index (χ1v) is 8.17. The van der Waals surface area contributed by atoms with Crippen molar-refractivity contribution < 1.29 is 19.0 Å². The molecule has 0 radical (unpaired) electrons. The average molecular weight is 342 g/mol. The molecular weight excluding hydrogens is 320 g/mol. The molecule has 3 rings (SSSR count). The van der Waals surface area contributed by atoms with Crippen LogP contribution in [0.25, 0.3) is 0 Å². The second kappa shape index (κ2) is 7.42. The van der Waals surface area contributed by atoms with Gasteiger partial charge >= 0.3 is 0 Å². The van der Waals surface area contributed by atoms with Gasteiger partial charge in [0.2, 0.25) is 5.75 Å². The van der Waals surface area contributed by atoms with Crippen LogP contribution < -0.4 is 14.2 Å². The van der Waals surface area contributed by atoms with Crippen LogP contribution in [-0.4, -0.2) is 43.2 Å². The standard InChI is InChI=1S/C19H22N2O4/c1-23-16-9-14(10-17(24-2)18(16)25-3)19(22)21(15-6-7-15)12-13-5-4-8-20-11-13/h4-5,8-11,15H,6-7,12H2,1-3H3. The molecule has 132 valence electrons. The first-order valence-electron chi connectivity index (χ1n) is 8.17. The van der Waals surface area contributed by atoms with E-state index in [9.17, 15) is 4.79 Å². The van der Waals surface area contributed by atoms with Gasteiger partial charge in [-0.05, 0) is 36.6 Å². The molecule has 0 aliphatic heterocycles. The lowest BCUT2D eigenvalue weighted by atomic mass is 10.1. The highest BCUT2D eigenvalue weighted by molar-refractivity contribution is 5.96. The number of amides is 1. The number of hydrogen-bond acceptors (Lipinski definition) is 5. The molecule has 1 heterocycles. The Balaban J connectivity index is 1.92. The van der Waals surface area contributed by atoms with Crippen LogP contribution in [0.15, 0.2) is 36.7 Å². The smallest absolute Gasteiger partial charge is 0.254 e. The lowest BCUT2D eigenvalue weighted by Gasteiger charge is -2.23. The minimum Gasteiger partial charge on any atom is -0.493 e. The van der Waals surface area contributed by atoms with Crippen LogP contribution in [0.4, 0.5) is 0 Å². The van der Waals surface area contributed by atoms with Crippen molar-refractivity contribution in [2.45, 2.75) is 25.4 Å². The van der Waals surface area contributed by atoms with Crippen LogP contribution in [0.5, 0.6) is 17.2 Å². The van der Waals surface area contributed by atoms with Gasteiger partial charge in [-0.3, -0.25) is 9.78 Å². The zero-order valence-corrected chi connectivity index (χ0v) is 14.7. The number of nitrogens with zero attached hydrogens (tertiary/aromatic N) is 2. The molecule has 1 saturated carbocycles. The molecule has 1 aliphatic carbocycles. The van der Waals surface area contributed by atoms with Gasteiger partial charge in [0.05, 0.1) is 21.3 Å². The fourth-order valence-electron chi connectivity index (χ4n) is 2.81. The summed E-state index contributed by atoms with van der Waals surface area (Å²) in [4.78, 5) is 19.1. The minimum atomic E-state index is -0.0504. The maximum absolute atomic E-state index is 13.1. The van der Waals surface area contributed by atoms with Gasteiger partial charge in [-0.25, -0.2) is 0 Å². The Morgan fingerprint density at radius 1 is 1.16 bits per heavy atom. The fourth-order valence-corrected chi connectivity index (χ4v) is 2.81. The minimum absolute atomic E-state index is 0.0504. The van der Waals surface area contributed by atoms with Crippen LogP contribution in [-0.2, 0) is 6.54 Å². The van der Waals surface area contributed by atoms with Crippen molar-refractivity contribution in [3.63, 3.8) is 0 Å². The second-order valence-corrected chi connectivity index (χ2v) is 5.94. The fraction of sp³-hybridized carbons (Fsp3) is 0.368. The molecule has 1 aromatic carbocycles. The molecule has 0 saturated heterocycles. The van der Waals surface area contributed by atoms with E-state index >= 15 is 0 Å². The van der Waals surface area contributed by atoms with E-state index in [0.29, 0.717) is 29.4 Å². The maximum atomic E-state index is 13.1. The first-order chi connectivity index (χ1) is 12.2. The highest BCUT2D eigenvalue weighted by atomic mass is 16.5. The predicted octanol–water partition coefficient (Wildman–Crippen LogP) is 2.91. The van der Waals surface area contributed by atoms with Gasteiger partial charge in [0, 0.05) is 30.5 Å². The summed E-state index contributed by atoms with van der Waals surface area (Å²) in [6, 6.07) is 7.52. The second-order valence-electron chi connectivity index (χ2n) is 5.94. The predicted molar refractivity (Wildman–Crippen MR) is 93.2 cm³/mol. The lowest BCUT2D eigenvalue weighted by Crippen LogP contribution is -2.32. The Kier molecular flexibility index (Phi) is 5.07. The van der Waals surface area contributed by atoms with E-state index in [1.807, 2.05) is 17.0 Å². The van der Waals surface area contributed by atoms with Crippen LogP contribution in [0, 0.1) is 0 Å². The van der Waals surface area contributed by atoms with Gasteiger partial charge < -0.3 is 19.1 Å². The molecule has 0 N–H and O–H groups in total. The third kappa shape index (κ3) is 3.68. The third-order valence-electron chi connectivity index (χ3n) is 4.24. The summed E-state index contributed by atoms with van der Waals surface area (Å²) in [5, 5.41) is 0. The molecular formula is C19H22N2O4. The number of carbonyl (C=O) groups excluding carboxylic acids is 1. The van der Waals surface area contributed by atoms with Crippen molar-refractivity contribution in [3.05, 3.63) is 47.8 Å². The molecule has 2 aromatic rings. The van der Waals surface area contributed by atoms with Gasteiger partial charge in [-0.1, -0.05) is 6.07 Å². The summed E-state index contributed by atoms with van der Waals surface area (Å²) >= 11 is 0. The zero-order chi connectivity index (χ0) is 17.8. The van der Waals surface area contributed by atoms with E-state index < -0.39 is 0 Å². The number of hydrogen-bond donors (Lipinski definition) is 0. The Hall–Kier alpha value is -2.76. The third-order valence-corrected chi connectivity index (χ3v) is 4.24. The van der Waals surface area contributed by atoms with E-state index in [2.05, 4.69) is 4.98 Å². The summed E-state index contributed by atoms with van der Waals surface area (Å²) in [6.45, 7) is 0.536. The van der Waals surface area contributed by atoms with Crippen molar-refractivity contribution in [1.82, 2.24) is 9.88 Å². The van der Waals surface area contributed by atoms with E-state index in [0.717, 1.165) is 18.4 Å². The summed E-state index contributed by atoms with van der Waals surface area (Å²) < 4.78 is 16.0. The van der Waals surface area contributed by atoms with E-state index in [-0.39, 0.29) is 11.9 Å². The summed E-state index contributed by atoms with van der Waals surface area (Å²) in [6.07, 6.45) is 5.57. The Bertz CT molecular complexity index is 719. The van der Waals surface area contributed by atoms with Gasteiger partial charge in [-0.15, -0.1) is 0 Å². The molecule has 0 unspecified atom stereocenters. The number of carbonyl (C=O) groups is 1. The number of aromatic nitrogens is 1. The molecule has 1 amide bonds. The van der Waals surface area contributed by atoms with Crippen molar-refractivity contribution in [3.8, 4) is 17.2 Å². The molecule has 6 nitrogen and oxygen atoms in total. The Morgan fingerprint density at radius 3 is 2.32 bits per heavy atom. The van der Waals surface area contributed by atoms with E-state index in [1.54, 1.807) is 45.9 Å². The van der Waals surface area contributed by atoms with Crippen molar-refractivity contribution in [2.75, 3.05) is 21.3 Å². The normalized spacial score (nSPS) is 13.2. The number of benzene rings is 1. The van der Waals surface area contributed by atoms with Gasteiger partial charge in [0.25, 0.3) is 5.91 Å². The summed E-state index contributed by atoms with van der Waals surface area (Å²) in [7, 11) is 4.63. The Labute approximate surface area is 147 Å². The molecule has 1 aliphatic rings. The van der Waals surface area contributed by atoms with Gasteiger partial charge in [0.1, 0.15) is 0 Å². The van der Waals surface area contributed by atoms with Gasteiger partial charge in [-0.2, -0.15) is 0 Å². The highest BCUT2D eigenvalue weighted by Gasteiger charge is 2.34. The quantitative estimate of drug-likeness (QED) is 0.774. The molecule has 0 atom stereocenters.